The van der Waals surface area contributed by atoms with Crippen LogP contribution in [0.1, 0.15) is 102 Å². The maximum absolute atomic E-state index is 13.5. The molecule has 1 aromatic rings. The van der Waals surface area contributed by atoms with Gasteiger partial charge in [0, 0.05) is 12.3 Å². The first kappa shape index (κ1) is 33.5. The summed E-state index contributed by atoms with van der Waals surface area (Å²) in [6.45, 7) is 4.67. The highest BCUT2D eigenvalue weighted by atomic mass is 16.7. The number of amides is 1. The number of carbonyl (C=O) groups is 4. The third-order valence-electron chi connectivity index (χ3n) is 8.49. The number of hydrogen-bond acceptors (Lipinski definition) is 11. The van der Waals surface area contributed by atoms with Gasteiger partial charge in [-0.1, -0.05) is 39.5 Å². The first-order chi connectivity index (χ1) is 21.2. The van der Waals surface area contributed by atoms with E-state index >= 15 is 0 Å². The SMILES string of the molecule is COc1ccnc(C(=O)N[C@H]2CCC[C@H](OC(=O)C3CCCC3)[C@@H](OC3CCCC3)[C@H](C)OC2=O)c1OCOC(=O)C(C)C. The molecule has 4 rings (SSSR count). The minimum Gasteiger partial charge on any atom is -0.493 e. The molecule has 0 aromatic carbocycles. The average Bonchev–Trinajstić information content (AvgIpc) is 3.73. The molecule has 1 aromatic heterocycles. The highest BCUT2D eigenvalue weighted by molar-refractivity contribution is 5.98. The fraction of sp³-hybridized carbons (Fsp3) is 0.719. The summed E-state index contributed by atoms with van der Waals surface area (Å²) in [5, 5.41) is 2.73. The number of hydrogen-bond donors (Lipinski definition) is 1. The summed E-state index contributed by atoms with van der Waals surface area (Å²) < 4.78 is 34.4. The summed E-state index contributed by atoms with van der Waals surface area (Å²) in [4.78, 5) is 55.9. The number of ether oxygens (including phenoxy) is 6. The van der Waals surface area contributed by atoms with Crippen molar-refractivity contribution in [1.82, 2.24) is 10.3 Å². The van der Waals surface area contributed by atoms with Gasteiger partial charge in [0.2, 0.25) is 6.79 Å². The Morgan fingerprint density at radius 2 is 1.73 bits per heavy atom. The maximum atomic E-state index is 13.5. The van der Waals surface area contributed by atoms with Crippen molar-refractivity contribution < 1.29 is 47.6 Å². The van der Waals surface area contributed by atoms with Crippen molar-refractivity contribution in [3.05, 3.63) is 18.0 Å². The van der Waals surface area contributed by atoms with Crippen LogP contribution < -0.4 is 14.8 Å². The molecule has 0 spiro atoms. The second kappa shape index (κ2) is 16.1. The zero-order chi connectivity index (χ0) is 31.6. The highest BCUT2D eigenvalue weighted by Gasteiger charge is 2.40. The zero-order valence-electron chi connectivity index (χ0n) is 26.2. The van der Waals surface area contributed by atoms with Gasteiger partial charge in [0.25, 0.3) is 5.91 Å². The van der Waals surface area contributed by atoms with Gasteiger partial charge in [-0.25, -0.2) is 9.78 Å². The first-order valence-corrected chi connectivity index (χ1v) is 15.9. The number of cyclic esters (lactones) is 1. The van der Waals surface area contributed by atoms with E-state index in [1.165, 1.54) is 19.4 Å². The monoisotopic (exact) mass is 618 g/mol. The van der Waals surface area contributed by atoms with E-state index in [4.69, 9.17) is 28.4 Å². The summed E-state index contributed by atoms with van der Waals surface area (Å²) >= 11 is 0. The second-order valence-electron chi connectivity index (χ2n) is 12.1. The molecule has 12 heteroatoms. The molecular formula is C32H46N2O10. The molecule has 12 nitrogen and oxygen atoms in total. The smallest absolute Gasteiger partial charge is 0.329 e. The third-order valence-corrected chi connectivity index (χ3v) is 8.49. The average molecular weight is 619 g/mol. The molecule has 3 fully saturated rings. The number of pyridine rings is 1. The highest BCUT2D eigenvalue weighted by Crippen LogP contribution is 2.32. The van der Waals surface area contributed by atoms with Crippen molar-refractivity contribution in [2.24, 2.45) is 11.8 Å². The summed E-state index contributed by atoms with van der Waals surface area (Å²) in [7, 11) is 1.40. The summed E-state index contributed by atoms with van der Waals surface area (Å²) in [6, 6.07) is 0.505. The van der Waals surface area contributed by atoms with E-state index < -0.39 is 49.0 Å². The molecule has 4 atom stereocenters. The molecule has 3 aliphatic rings. The van der Waals surface area contributed by atoms with Crippen LogP contribution in [0.25, 0.3) is 0 Å². The Morgan fingerprint density at radius 1 is 1.02 bits per heavy atom. The van der Waals surface area contributed by atoms with Gasteiger partial charge in [-0.3, -0.25) is 14.4 Å². The van der Waals surface area contributed by atoms with Crippen LogP contribution in [0.15, 0.2) is 12.3 Å². The molecule has 1 amide bonds. The van der Waals surface area contributed by atoms with E-state index in [-0.39, 0.29) is 47.5 Å². The largest absolute Gasteiger partial charge is 0.493 e. The van der Waals surface area contributed by atoms with Gasteiger partial charge in [0.15, 0.2) is 17.2 Å². The van der Waals surface area contributed by atoms with Gasteiger partial charge in [-0.05, 0) is 51.9 Å². The van der Waals surface area contributed by atoms with Crippen LogP contribution in [-0.4, -0.2) is 73.2 Å². The number of nitrogens with zero attached hydrogens (tertiary/aromatic N) is 1. The number of rotatable bonds is 11. The molecule has 0 bridgehead atoms. The van der Waals surface area contributed by atoms with Crippen molar-refractivity contribution >= 4 is 23.8 Å². The Bertz CT molecular complexity index is 1150. The molecule has 2 aliphatic carbocycles. The van der Waals surface area contributed by atoms with Crippen LogP contribution in [0.2, 0.25) is 0 Å². The lowest BCUT2D eigenvalue weighted by atomic mass is 10.0. The van der Waals surface area contributed by atoms with Gasteiger partial charge >= 0.3 is 17.9 Å². The van der Waals surface area contributed by atoms with E-state index in [1.54, 1.807) is 20.8 Å². The van der Waals surface area contributed by atoms with Crippen molar-refractivity contribution in [2.75, 3.05) is 13.9 Å². The molecule has 2 saturated carbocycles. The number of esters is 3. The Balaban J connectivity index is 1.48. The predicted molar refractivity (Wildman–Crippen MR) is 157 cm³/mol. The fourth-order valence-corrected chi connectivity index (χ4v) is 5.98. The molecule has 2 heterocycles. The topological polar surface area (TPSA) is 149 Å². The van der Waals surface area contributed by atoms with Crippen molar-refractivity contribution in [1.29, 1.82) is 0 Å². The lowest BCUT2D eigenvalue weighted by molar-refractivity contribution is -0.184. The van der Waals surface area contributed by atoms with E-state index in [1.807, 2.05) is 0 Å². The van der Waals surface area contributed by atoms with Gasteiger partial charge in [0.1, 0.15) is 24.4 Å². The zero-order valence-corrected chi connectivity index (χ0v) is 26.2. The van der Waals surface area contributed by atoms with E-state index in [2.05, 4.69) is 10.3 Å². The van der Waals surface area contributed by atoms with Gasteiger partial charge < -0.3 is 33.7 Å². The molecule has 1 N–H and O–H groups in total. The molecule has 44 heavy (non-hydrogen) atoms. The third kappa shape index (κ3) is 8.83. The number of methoxy groups -OCH3 is 1. The lowest BCUT2D eigenvalue weighted by Crippen LogP contribution is -2.47. The van der Waals surface area contributed by atoms with Crippen molar-refractivity contribution in [2.45, 2.75) is 122 Å². The quantitative estimate of drug-likeness (QED) is 0.215. The van der Waals surface area contributed by atoms with Crippen LogP contribution in [0.5, 0.6) is 11.5 Å². The summed E-state index contributed by atoms with van der Waals surface area (Å²) in [5.41, 5.74) is -0.142. The number of aromatic nitrogens is 1. The van der Waals surface area contributed by atoms with Crippen LogP contribution in [-0.2, 0) is 33.3 Å². The maximum Gasteiger partial charge on any atom is 0.329 e. The van der Waals surface area contributed by atoms with Crippen LogP contribution in [0.4, 0.5) is 0 Å². The normalized spacial score (nSPS) is 25.0. The lowest BCUT2D eigenvalue weighted by Gasteiger charge is -2.33. The fourth-order valence-electron chi connectivity index (χ4n) is 5.98. The van der Waals surface area contributed by atoms with Crippen LogP contribution in [0, 0.1) is 11.8 Å². The van der Waals surface area contributed by atoms with Gasteiger partial charge in [-0.15, -0.1) is 0 Å². The molecule has 0 unspecified atom stereocenters. The standard InChI is InChI=1S/C32H46N2O10/c1-19(2)30(36)41-18-40-28-24(39-4)16-17-33-26(28)29(35)34-23-14-9-15-25(44-31(37)21-10-5-6-11-21)27(20(3)42-32(23)38)43-22-12-7-8-13-22/h16-17,19-23,25,27H,5-15,18H2,1-4H3,(H,34,35)/t20-,23-,25-,27-/m0/s1. The molecular weight excluding hydrogens is 572 g/mol. The van der Waals surface area contributed by atoms with Crippen molar-refractivity contribution in [3.8, 4) is 11.5 Å². The van der Waals surface area contributed by atoms with E-state index in [9.17, 15) is 19.2 Å². The predicted octanol–water partition coefficient (Wildman–Crippen LogP) is 4.27. The Morgan fingerprint density at radius 3 is 2.41 bits per heavy atom. The molecule has 1 saturated heterocycles. The van der Waals surface area contributed by atoms with Crippen LogP contribution >= 0.6 is 0 Å². The van der Waals surface area contributed by atoms with Crippen molar-refractivity contribution in [3.63, 3.8) is 0 Å². The van der Waals surface area contributed by atoms with Gasteiger partial charge in [-0.2, -0.15) is 0 Å². The minimum absolute atomic E-state index is 0.0162. The first-order valence-electron chi connectivity index (χ1n) is 15.9. The Labute approximate surface area is 258 Å². The Kier molecular flexibility index (Phi) is 12.2. The minimum atomic E-state index is -0.999. The van der Waals surface area contributed by atoms with Gasteiger partial charge in [0.05, 0.1) is 25.0 Å². The second-order valence-corrected chi connectivity index (χ2v) is 12.1. The Hall–Kier alpha value is -3.41. The van der Waals surface area contributed by atoms with E-state index in [0.717, 1.165) is 51.4 Å². The number of nitrogens with one attached hydrogen (secondary N) is 1. The summed E-state index contributed by atoms with van der Waals surface area (Å²) in [5.74, 6) is -2.29. The molecule has 1 aliphatic heterocycles. The molecule has 0 radical (unpaired) electrons. The number of carbonyl (C=O) groups excluding carboxylic acids is 4. The van der Waals surface area contributed by atoms with Crippen LogP contribution in [0.3, 0.4) is 0 Å². The van der Waals surface area contributed by atoms with E-state index in [0.29, 0.717) is 12.8 Å². The summed E-state index contributed by atoms with van der Waals surface area (Å²) in [6.07, 6.45) is 8.28. The molecule has 244 valence electrons.